The largest absolute Gasteiger partial charge is 0.448 e. The van der Waals surface area contributed by atoms with Crippen molar-refractivity contribution >= 4 is 11.7 Å². The van der Waals surface area contributed by atoms with Crippen LogP contribution in [-0.4, -0.2) is 50.9 Å². The summed E-state index contributed by atoms with van der Waals surface area (Å²) < 4.78 is 5.18. The van der Waals surface area contributed by atoms with Crippen LogP contribution in [0.1, 0.15) is 40.3 Å². The molecular weight excluding hydrogens is 306 g/mol. The highest BCUT2D eigenvalue weighted by molar-refractivity contribution is 5.94. The van der Waals surface area contributed by atoms with E-state index < -0.39 is 0 Å². The van der Waals surface area contributed by atoms with Gasteiger partial charge in [-0.15, -0.1) is 0 Å². The topological polar surface area (TPSA) is 75.4 Å². The van der Waals surface area contributed by atoms with Crippen molar-refractivity contribution < 1.29 is 9.21 Å². The van der Waals surface area contributed by atoms with Crippen LogP contribution in [0.15, 0.2) is 17.1 Å². The van der Waals surface area contributed by atoms with E-state index in [-0.39, 0.29) is 11.9 Å². The first-order valence-corrected chi connectivity index (χ1v) is 8.53. The minimum Gasteiger partial charge on any atom is -0.448 e. The van der Waals surface area contributed by atoms with Crippen molar-refractivity contribution in [1.82, 2.24) is 19.9 Å². The molecule has 2 fully saturated rings. The van der Waals surface area contributed by atoms with E-state index in [1.54, 1.807) is 13.3 Å². The Kier molecular flexibility index (Phi) is 2.92. The number of piperazine rings is 1. The number of hydrogen-bond acceptors (Lipinski definition) is 6. The molecule has 2 aromatic heterocycles. The van der Waals surface area contributed by atoms with Crippen molar-refractivity contribution in [3.8, 4) is 0 Å². The summed E-state index contributed by atoms with van der Waals surface area (Å²) in [5.41, 5.74) is 2.96. The van der Waals surface area contributed by atoms with Gasteiger partial charge in [0.25, 0.3) is 5.91 Å². The van der Waals surface area contributed by atoms with Gasteiger partial charge in [0.15, 0.2) is 12.1 Å². The zero-order valence-corrected chi connectivity index (χ0v) is 13.6. The van der Waals surface area contributed by atoms with Gasteiger partial charge in [0, 0.05) is 24.3 Å². The molecule has 1 aliphatic carbocycles. The van der Waals surface area contributed by atoms with Crippen molar-refractivity contribution in [1.29, 1.82) is 0 Å². The number of aryl methyl sites for hydroxylation is 2. The third-order valence-electron chi connectivity index (χ3n) is 5.57. The molecule has 0 N–H and O–H groups in total. The third kappa shape index (κ3) is 1.90. The lowest BCUT2D eigenvalue weighted by atomic mass is 10.2. The number of carbonyl (C=O) groups is 1. The summed E-state index contributed by atoms with van der Waals surface area (Å²) >= 11 is 0. The second-order valence-corrected chi connectivity index (χ2v) is 6.89. The monoisotopic (exact) mass is 325 g/mol. The summed E-state index contributed by atoms with van der Waals surface area (Å²) in [5.74, 6) is 1.67. The van der Waals surface area contributed by atoms with Gasteiger partial charge < -0.3 is 14.2 Å². The summed E-state index contributed by atoms with van der Waals surface area (Å²) in [6.07, 6.45) is 7.32. The molecule has 0 radical (unpaired) electrons. The summed E-state index contributed by atoms with van der Waals surface area (Å²) in [6.45, 7) is 3.36. The predicted octanol–water partition coefficient (Wildman–Crippen LogP) is 1.37. The van der Waals surface area contributed by atoms with E-state index in [0.717, 1.165) is 38.2 Å². The van der Waals surface area contributed by atoms with Gasteiger partial charge in [0.1, 0.15) is 17.9 Å². The number of likely N-dealkylation sites (tertiary alicyclic amines) is 1. The van der Waals surface area contributed by atoms with E-state index in [9.17, 15) is 4.79 Å². The Morgan fingerprint density at radius 1 is 1.21 bits per heavy atom. The zero-order chi connectivity index (χ0) is 16.3. The minimum absolute atomic E-state index is 0.0127. The first-order chi connectivity index (χ1) is 11.7. The smallest absolute Gasteiger partial charge is 0.276 e. The molecule has 24 heavy (non-hydrogen) atoms. The lowest BCUT2D eigenvalue weighted by Crippen LogP contribution is -2.49. The Bertz CT molecular complexity index is 817. The van der Waals surface area contributed by atoms with Gasteiger partial charge in [-0.2, -0.15) is 0 Å². The quantitative estimate of drug-likeness (QED) is 0.830. The fraction of sp³-hybridized carbons (Fsp3) is 0.529. The summed E-state index contributed by atoms with van der Waals surface area (Å²) in [7, 11) is 0. The Balaban J connectivity index is 1.39. The highest BCUT2D eigenvalue weighted by atomic mass is 16.3. The van der Waals surface area contributed by atoms with Gasteiger partial charge in [-0.1, -0.05) is 0 Å². The Morgan fingerprint density at radius 3 is 2.88 bits per heavy atom. The molecule has 2 aromatic rings. The van der Waals surface area contributed by atoms with Gasteiger partial charge in [-0.3, -0.25) is 4.79 Å². The van der Waals surface area contributed by atoms with E-state index in [1.165, 1.54) is 24.1 Å². The van der Waals surface area contributed by atoms with Gasteiger partial charge in [-0.05, 0) is 32.6 Å². The Labute approximate surface area is 139 Å². The second-order valence-electron chi connectivity index (χ2n) is 6.89. The third-order valence-corrected chi connectivity index (χ3v) is 5.57. The van der Waals surface area contributed by atoms with Crippen LogP contribution in [-0.2, 0) is 12.8 Å². The highest BCUT2D eigenvalue weighted by Gasteiger charge is 2.47. The van der Waals surface area contributed by atoms with E-state index in [1.807, 2.05) is 4.90 Å². The molecule has 0 unspecified atom stereocenters. The second kappa shape index (κ2) is 5.03. The van der Waals surface area contributed by atoms with E-state index >= 15 is 0 Å². The molecule has 0 saturated carbocycles. The first-order valence-electron chi connectivity index (χ1n) is 8.53. The maximum Gasteiger partial charge on any atom is 0.276 e. The predicted molar refractivity (Wildman–Crippen MR) is 85.9 cm³/mol. The fourth-order valence-corrected chi connectivity index (χ4v) is 4.41. The number of oxazole rings is 1. The van der Waals surface area contributed by atoms with Gasteiger partial charge in [0.05, 0.1) is 12.1 Å². The van der Waals surface area contributed by atoms with E-state index in [2.05, 4.69) is 19.9 Å². The maximum atomic E-state index is 12.7. The summed E-state index contributed by atoms with van der Waals surface area (Å²) in [5, 5.41) is 0. The van der Waals surface area contributed by atoms with Crippen LogP contribution in [0, 0.1) is 6.92 Å². The molecule has 7 nitrogen and oxygen atoms in total. The van der Waals surface area contributed by atoms with Crippen LogP contribution < -0.4 is 4.90 Å². The van der Waals surface area contributed by atoms with Crippen molar-refractivity contribution in [3.63, 3.8) is 0 Å². The summed E-state index contributed by atoms with van der Waals surface area (Å²) in [4.78, 5) is 30.1. The molecule has 2 atom stereocenters. The molecule has 3 aliphatic rings. The lowest BCUT2D eigenvalue weighted by molar-refractivity contribution is 0.0718. The van der Waals surface area contributed by atoms with Gasteiger partial charge in [-0.25, -0.2) is 15.0 Å². The fourth-order valence-electron chi connectivity index (χ4n) is 4.41. The maximum absolute atomic E-state index is 12.7. The number of aromatic nitrogens is 3. The zero-order valence-electron chi connectivity index (χ0n) is 13.6. The number of nitrogens with zero attached hydrogens (tertiary/aromatic N) is 5. The van der Waals surface area contributed by atoms with Crippen molar-refractivity contribution in [2.45, 2.75) is 44.7 Å². The SMILES string of the molecule is Cc1ocnc1C(=O)N1C[C@@H]2C[C@H]1CN2c1ncnc2c1CCC2. The Morgan fingerprint density at radius 2 is 2.12 bits per heavy atom. The minimum atomic E-state index is -0.0127. The molecule has 0 aromatic carbocycles. The van der Waals surface area contributed by atoms with Gasteiger partial charge in [0.2, 0.25) is 0 Å². The Hall–Kier alpha value is -2.44. The van der Waals surface area contributed by atoms with Crippen LogP contribution in [0.3, 0.4) is 0 Å². The van der Waals surface area contributed by atoms with Crippen LogP contribution in [0.25, 0.3) is 0 Å². The molecule has 0 spiro atoms. The number of hydrogen-bond donors (Lipinski definition) is 0. The average molecular weight is 325 g/mol. The highest BCUT2D eigenvalue weighted by Crippen LogP contribution is 2.38. The van der Waals surface area contributed by atoms with Crippen LogP contribution >= 0.6 is 0 Å². The molecule has 7 heteroatoms. The molecule has 2 saturated heterocycles. The molecular formula is C17H19N5O2. The molecule has 124 valence electrons. The van der Waals surface area contributed by atoms with Crippen LogP contribution in [0.4, 0.5) is 5.82 Å². The van der Waals surface area contributed by atoms with Crippen molar-refractivity contribution in [2.75, 3.05) is 18.0 Å². The van der Waals surface area contributed by atoms with Crippen LogP contribution in [0.2, 0.25) is 0 Å². The standard InChI is InChI=1S/C17H19N5O2/c1-10-15(20-9-24-10)17(23)22-7-11-5-12(22)6-21(11)16-13-3-2-4-14(13)18-8-19-16/h8-9,11-12H,2-7H2,1H3/t11-,12-/m0/s1. The molecule has 1 amide bonds. The van der Waals surface area contributed by atoms with Crippen molar-refractivity contribution in [2.24, 2.45) is 0 Å². The number of rotatable bonds is 2. The lowest BCUT2D eigenvalue weighted by Gasteiger charge is -2.35. The first kappa shape index (κ1) is 13.9. The summed E-state index contributed by atoms with van der Waals surface area (Å²) in [6, 6.07) is 0.566. The number of fused-ring (bicyclic) bond motifs is 3. The van der Waals surface area contributed by atoms with Gasteiger partial charge >= 0.3 is 0 Å². The molecule has 5 rings (SSSR count). The van der Waals surface area contributed by atoms with E-state index in [0.29, 0.717) is 17.5 Å². The number of carbonyl (C=O) groups excluding carboxylic acids is 1. The van der Waals surface area contributed by atoms with E-state index in [4.69, 9.17) is 4.42 Å². The molecule has 2 aliphatic heterocycles. The molecule has 2 bridgehead atoms. The normalized spacial score (nSPS) is 24.7. The molecule has 4 heterocycles. The number of amides is 1. The van der Waals surface area contributed by atoms with Crippen molar-refractivity contribution in [3.05, 3.63) is 35.4 Å². The average Bonchev–Trinajstić information content (AvgIpc) is 3.36. The number of anilines is 1. The van der Waals surface area contributed by atoms with Crippen LogP contribution in [0.5, 0.6) is 0 Å².